The van der Waals surface area contributed by atoms with Crippen molar-refractivity contribution in [2.24, 2.45) is 0 Å². The highest BCUT2D eigenvalue weighted by atomic mass is 16.3. The van der Waals surface area contributed by atoms with Gasteiger partial charge in [-0.2, -0.15) is 0 Å². The monoisotopic (exact) mass is 333 g/mol. The predicted molar refractivity (Wildman–Crippen MR) is 95.0 cm³/mol. The number of aromatic nitrogens is 4. The summed E-state index contributed by atoms with van der Waals surface area (Å²) in [7, 11) is 0. The summed E-state index contributed by atoms with van der Waals surface area (Å²) in [5.74, 6) is 1.42. The van der Waals surface area contributed by atoms with E-state index in [0.717, 1.165) is 47.6 Å². The molecule has 0 saturated heterocycles. The van der Waals surface area contributed by atoms with Gasteiger partial charge in [0.15, 0.2) is 5.82 Å². The molecule has 1 aliphatic carbocycles. The molecule has 4 rings (SSSR count). The molecule has 0 bridgehead atoms. The molecule has 1 atom stereocenters. The number of aliphatic hydroxyl groups is 1. The molecule has 0 amide bonds. The molecule has 1 unspecified atom stereocenters. The van der Waals surface area contributed by atoms with Crippen molar-refractivity contribution in [2.75, 3.05) is 11.9 Å². The second-order valence-electron chi connectivity index (χ2n) is 6.07. The number of hydrogen-bond donors (Lipinski definition) is 2. The summed E-state index contributed by atoms with van der Waals surface area (Å²) in [6.07, 6.45) is 7.47. The topological polar surface area (TPSA) is 83.8 Å². The SMILES string of the molecule is OC(CNc1nc(-c2ccccn2)nc2c1CCC2)c1cccnc1. The van der Waals surface area contributed by atoms with Gasteiger partial charge in [0, 0.05) is 42.0 Å². The van der Waals surface area contributed by atoms with Crippen molar-refractivity contribution < 1.29 is 5.11 Å². The van der Waals surface area contributed by atoms with Crippen molar-refractivity contribution in [3.63, 3.8) is 0 Å². The van der Waals surface area contributed by atoms with E-state index in [9.17, 15) is 5.11 Å². The zero-order valence-electron chi connectivity index (χ0n) is 13.8. The van der Waals surface area contributed by atoms with Crippen LogP contribution in [0.4, 0.5) is 5.82 Å². The van der Waals surface area contributed by atoms with Crippen LogP contribution in [0.1, 0.15) is 29.3 Å². The van der Waals surface area contributed by atoms with E-state index < -0.39 is 6.10 Å². The van der Waals surface area contributed by atoms with Crippen LogP contribution in [-0.2, 0) is 12.8 Å². The normalized spacial score (nSPS) is 14.1. The molecule has 3 aromatic heterocycles. The number of anilines is 1. The second kappa shape index (κ2) is 6.94. The fourth-order valence-corrected chi connectivity index (χ4v) is 3.07. The minimum atomic E-state index is -0.640. The summed E-state index contributed by atoms with van der Waals surface area (Å²) < 4.78 is 0. The number of aryl methyl sites for hydroxylation is 1. The summed E-state index contributed by atoms with van der Waals surface area (Å²) >= 11 is 0. The van der Waals surface area contributed by atoms with Crippen LogP contribution in [-0.4, -0.2) is 31.6 Å². The van der Waals surface area contributed by atoms with E-state index >= 15 is 0 Å². The molecule has 2 N–H and O–H groups in total. The van der Waals surface area contributed by atoms with Crippen LogP contribution < -0.4 is 5.32 Å². The number of aliphatic hydroxyl groups excluding tert-OH is 1. The van der Waals surface area contributed by atoms with E-state index in [0.29, 0.717) is 12.4 Å². The summed E-state index contributed by atoms with van der Waals surface area (Å²) in [6, 6.07) is 9.40. The number of fused-ring (bicyclic) bond motifs is 1. The van der Waals surface area contributed by atoms with Gasteiger partial charge in [0.1, 0.15) is 11.5 Å². The zero-order valence-corrected chi connectivity index (χ0v) is 13.8. The maximum atomic E-state index is 10.4. The molecular weight excluding hydrogens is 314 g/mol. The lowest BCUT2D eigenvalue weighted by molar-refractivity contribution is 0.191. The van der Waals surface area contributed by atoms with Gasteiger partial charge in [-0.3, -0.25) is 9.97 Å². The van der Waals surface area contributed by atoms with Gasteiger partial charge in [-0.15, -0.1) is 0 Å². The Balaban J connectivity index is 1.60. The fraction of sp³-hybridized carbons (Fsp3) is 0.263. The Bertz CT molecular complexity index is 854. The second-order valence-corrected chi connectivity index (χ2v) is 6.07. The molecule has 0 aromatic carbocycles. The van der Waals surface area contributed by atoms with Gasteiger partial charge in [-0.25, -0.2) is 9.97 Å². The van der Waals surface area contributed by atoms with Crippen molar-refractivity contribution in [2.45, 2.75) is 25.4 Å². The highest BCUT2D eigenvalue weighted by molar-refractivity contribution is 5.57. The van der Waals surface area contributed by atoms with Crippen molar-refractivity contribution in [3.8, 4) is 11.5 Å². The Morgan fingerprint density at radius 2 is 2.04 bits per heavy atom. The van der Waals surface area contributed by atoms with E-state index in [2.05, 4.69) is 25.3 Å². The van der Waals surface area contributed by atoms with Gasteiger partial charge in [-0.05, 0) is 37.5 Å². The van der Waals surface area contributed by atoms with Crippen LogP contribution in [0.3, 0.4) is 0 Å². The van der Waals surface area contributed by atoms with Crippen molar-refractivity contribution in [1.29, 1.82) is 0 Å². The maximum absolute atomic E-state index is 10.4. The highest BCUT2D eigenvalue weighted by Gasteiger charge is 2.21. The van der Waals surface area contributed by atoms with Crippen LogP contribution >= 0.6 is 0 Å². The minimum Gasteiger partial charge on any atom is -0.387 e. The predicted octanol–water partition coefficient (Wildman–Crippen LogP) is 2.57. The van der Waals surface area contributed by atoms with Crippen molar-refractivity contribution >= 4 is 5.82 Å². The highest BCUT2D eigenvalue weighted by Crippen LogP contribution is 2.29. The molecule has 3 heterocycles. The number of hydrogen-bond acceptors (Lipinski definition) is 6. The first-order valence-electron chi connectivity index (χ1n) is 8.44. The molecule has 0 spiro atoms. The van der Waals surface area contributed by atoms with Crippen molar-refractivity contribution in [1.82, 2.24) is 19.9 Å². The largest absolute Gasteiger partial charge is 0.387 e. The number of nitrogens with zero attached hydrogens (tertiary/aromatic N) is 4. The lowest BCUT2D eigenvalue weighted by Gasteiger charge is -2.15. The van der Waals surface area contributed by atoms with E-state index in [1.807, 2.05) is 30.3 Å². The standard InChI is InChI=1S/C19H19N5O/c25-17(13-5-4-9-20-11-13)12-22-18-14-6-3-8-15(14)23-19(24-18)16-7-1-2-10-21-16/h1-2,4-5,7,9-11,17,25H,3,6,8,12H2,(H,22,23,24). The Labute approximate surface area is 146 Å². The van der Waals surface area contributed by atoms with Gasteiger partial charge in [0.2, 0.25) is 0 Å². The third-order valence-corrected chi connectivity index (χ3v) is 4.36. The van der Waals surface area contributed by atoms with E-state index in [4.69, 9.17) is 0 Å². The first-order valence-corrected chi connectivity index (χ1v) is 8.44. The van der Waals surface area contributed by atoms with Gasteiger partial charge in [-0.1, -0.05) is 12.1 Å². The Morgan fingerprint density at radius 3 is 2.84 bits per heavy atom. The summed E-state index contributed by atoms with van der Waals surface area (Å²) in [6.45, 7) is 0.372. The molecule has 6 nitrogen and oxygen atoms in total. The quantitative estimate of drug-likeness (QED) is 0.746. The summed E-state index contributed by atoms with van der Waals surface area (Å²) in [5.41, 5.74) is 3.77. The molecule has 0 fully saturated rings. The van der Waals surface area contributed by atoms with Gasteiger partial charge in [0.25, 0.3) is 0 Å². The van der Waals surface area contributed by atoms with E-state index in [1.165, 1.54) is 0 Å². The first kappa shape index (κ1) is 15.7. The van der Waals surface area contributed by atoms with Gasteiger partial charge in [0.05, 0.1) is 6.10 Å². The summed E-state index contributed by atoms with van der Waals surface area (Å²) in [5, 5.41) is 13.7. The van der Waals surface area contributed by atoms with Crippen LogP contribution in [0.5, 0.6) is 0 Å². The number of nitrogens with one attached hydrogen (secondary N) is 1. The smallest absolute Gasteiger partial charge is 0.180 e. The minimum absolute atomic E-state index is 0.372. The Morgan fingerprint density at radius 1 is 1.08 bits per heavy atom. The molecule has 1 aliphatic rings. The lowest BCUT2D eigenvalue weighted by Crippen LogP contribution is -2.15. The average Bonchev–Trinajstić information content (AvgIpc) is 3.16. The molecule has 0 radical (unpaired) electrons. The van der Waals surface area contributed by atoms with Crippen LogP contribution in [0.25, 0.3) is 11.5 Å². The number of pyridine rings is 2. The maximum Gasteiger partial charge on any atom is 0.180 e. The Kier molecular flexibility index (Phi) is 4.35. The molecule has 0 saturated carbocycles. The van der Waals surface area contributed by atoms with Crippen LogP contribution in [0.2, 0.25) is 0 Å². The molecule has 0 aliphatic heterocycles. The molecule has 126 valence electrons. The fourth-order valence-electron chi connectivity index (χ4n) is 3.07. The van der Waals surface area contributed by atoms with Gasteiger partial charge >= 0.3 is 0 Å². The molecular formula is C19H19N5O. The van der Waals surface area contributed by atoms with Crippen LogP contribution in [0.15, 0.2) is 48.9 Å². The summed E-state index contributed by atoms with van der Waals surface area (Å²) in [4.78, 5) is 17.8. The molecule has 6 heteroatoms. The lowest BCUT2D eigenvalue weighted by atomic mass is 10.1. The van der Waals surface area contributed by atoms with E-state index in [1.54, 1.807) is 18.6 Å². The Hall–Kier alpha value is -2.86. The third kappa shape index (κ3) is 3.34. The molecule has 25 heavy (non-hydrogen) atoms. The number of rotatable bonds is 5. The van der Waals surface area contributed by atoms with Crippen molar-refractivity contribution in [3.05, 3.63) is 65.7 Å². The van der Waals surface area contributed by atoms with Gasteiger partial charge < -0.3 is 10.4 Å². The van der Waals surface area contributed by atoms with Crippen LogP contribution in [0, 0.1) is 0 Å². The molecule has 3 aromatic rings. The van der Waals surface area contributed by atoms with E-state index in [-0.39, 0.29) is 0 Å². The third-order valence-electron chi connectivity index (χ3n) is 4.36. The zero-order chi connectivity index (χ0) is 17.1. The average molecular weight is 333 g/mol. The first-order chi connectivity index (χ1) is 12.3.